The summed E-state index contributed by atoms with van der Waals surface area (Å²) in [7, 11) is 3.56. The van der Waals surface area contributed by atoms with Gasteiger partial charge in [0.15, 0.2) is 0 Å². The summed E-state index contributed by atoms with van der Waals surface area (Å²) in [5.74, 6) is 1.68. The summed E-state index contributed by atoms with van der Waals surface area (Å²) in [6.45, 7) is 0.802. The van der Waals surface area contributed by atoms with Crippen LogP contribution in [0.2, 0.25) is 0 Å². The summed E-state index contributed by atoms with van der Waals surface area (Å²) in [5, 5.41) is 11.1. The minimum absolute atomic E-state index is 0.549. The number of nitrogens with zero attached hydrogens (tertiary/aromatic N) is 3. The van der Waals surface area contributed by atoms with Crippen LogP contribution in [-0.2, 0) is 6.42 Å². The van der Waals surface area contributed by atoms with Crippen LogP contribution in [0, 0.1) is 0 Å². The molecule has 2 aromatic rings. The minimum Gasteiger partial charge on any atom is -0.357 e. The van der Waals surface area contributed by atoms with Crippen LogP contribution in [0.1, 0.15) is 4.88 Å². The van der Waals surface area contributed by atoms with E-state index in [2.05, 4.69) is 48.4 Å². The molecule has 0 bridgehead atoms. The quantitative estimate of drug-likeness (QED) is 0.737. The molecule has 0 saturated heterocycles. The predicted octanol–water partition coefficient (Wildman–Crippen LogP) is 1.67. The summed E-state index contributed by atoms with van der Waals surface area (Å²) in [6.07, 6.45) is 0.965. The molecule has 0 atom stereocenters. The summed E-state index contributed by atoms with van der Waals surface area (Å²) >= 11 is 1.76. The van der Waals surface area contributed by atoms with E-state index >= 15 is 0 Å². The molecule has 0 saturated carbocycles. The summed E-state index contributed by atoms with van der Waals surface area (Å²) in [6, 6.07) is 4.18. The molecular formula is C11H16N6S. The van der Waals surface area contributed by atoms with Crippen LogP contribution in [0.15, 0.2) is 17.5 Å². The Balaban J connectivity index is 1.95. The highest BCUT2D eigenvalue weighted by Gasteiger charge is 2.03. The molecule has 3 N–H and O–H groups in total. The first-order chi connectivity index (χ1) is 8.81. The van der Waals surface area contributed by atoms with Gasteiger partial charge in [-0.05, 0) is 17.9 Å². The molecule has 0 spiro atoms. The molecule has 0 aliphatic carbocycles. The fourth-order valence-corrected chi connectivity index (χ4v) is 2.14. The van der Waals surface area contributed by atoms with Gasteiger partial charge in [0.25, 0.3) is 0 Å². The highest BCUT2D eigenvalue weighted by Crippen LogP contribution is 2.11. The van der Waals surface area contributed by atoms with Gasteiger partial charge in [0.05, 0.1) is 0 Å². The van der Waals surface area contributed by atoms with E-state index < -0.39 is 0 Å². The van der Waals surface area contributed by atoms with Gasteiger partial charge in [-0.2, -0.15) is 15.0 Å². The van der Waals surface area contributed by atoms with Crippen molar-refractivity contribution in [3.63, 3.8) is 0 Å². The molecule has 0 aliphatic rings. The molecule has 0 amide bonds. The van der Waals surface area contributed by atoms with E-state index in [-0.39, 0.29) is 0 Å². The molecule has 6 nitrogen and oxygen atoms in total. The first kappa shape index (κ1) is 12.6. The fraction of sp³-hybridized carbons (Fsp3) is 0.364. The number of rotatable bonds is 6. The number of thiophene rings is 1. The lowest BCUT2D eigenvalue weighted by Gasteiger charge is -2.07. The molecule has 2 heterocycles. The van der Waals surface area contributed by atoms with E-state index in [1.807, 2.05) is 0 Å². The standard InChI is InChI=1S/C11H16N6S/c1-12-9-15-10(13-2)17-11(16-9)14-6-5-8-4-3-7-18-8/h3-4,7H,5-6H2,1-2H3,(H3,12,13,14,15,16,17). The van der Waals surface area contributed by atoms with Gasteiger partial charge in [-0.15, -0.1) is 11.3 Å². The predicted molar refractivity (Wildman–Crippen MR) is 75.4 cm³/mol. The Morgan fingerprint density at radius 1 is 1.06 bits per heavy atom. The number of nitrogens with one attached hydrogen (secondary N) is 3. The molecule has 0 aromatic carbocycles. The van der Waals surface area contributed by atoms with E-state index in [1.54, 1.807) is 25.4 Å². The van der Waals surface area contributed by atoms with Crippen molar-refractivity contribution >= 4 is 29.2 Å². The van der Waals surface area contributed by atoms with Crippen molar-refractivity contribution in [1.29, 1.82) is 0 Å². The normalized spacial score (nSPS) is 10.1. The van der Waals surface area contributed by atoms with Crippen molar-refractivity contribution < 1.29 is 0 Å². The number of hydrogen-bond acceptors (Lipinski definition) is 7. The van der Waals surface area contributed by atoms with Crippen LogP contribution in [-0.4, -0.2) is 35.6 Å². The van der Waals surface area contributed by atoms with Crippen molar-refractivity contribution in [1.82, 2.24) is 15.0 Å². The molecule has 18 heavy (non-hydrogen) atoms. The van der Waals surface area contributed by atoms with E-state index in [1.165, 1.54) is 4.88 Å². The Morgan fingerprint density at radius 3 is 2.28 bits per heavy atom. The summed E-state index contributed by atoms with van der Waals surface area (Å²) < 4.78 is 0. The maximum Gasteiger partial charge on any atom is 0.229 e. The lowest BCUT2D eigenvalue weighted by molar-refractivity contribution is 0.976. The van der Waals surface area contributed by atoms with Gasteiger partial charge >= 0.3 is 0 Å². The fourth-order valence-electron chi connectivity index (χ4n) is 1.43. The monoisotopic (exact) mass is 264 g/mol. The Bertz CT molecular complexity index is 462. The van der Waals surface area contributed by atoms with E-state index in [0.717, 1.165) is 13.0 Å². The van der Waals surface area contributed by atoms with Crippen molar-refractivity contribution in [3.05, 3.63) is 22.4 Å². The molecular weight excluding hydrogens is 248 g/mol. The van der Waals surface area contributed by atoms with Gasteiger partial charge in [-0.3, -0.25) is 0 Å². The molecule has 2 rings (SSSR count). The number of hydrogen-bond donors (Lipinski definition) is 3. The Labute approximate surface area is 110 Å². The molecule has 0 unspecified atom stereocenters. The van der Waals surface area contributed by atoms with Crippen LogP contribution in [0.3, 0.4) is 0 Å². The molecule has 0 fully saturated rings. The zero-order chi connectivity index (χ0) is 12.8. The van der Waals surface area contributed by atoms with Crippen molar-refractivity contribution in [3.8, 4) is 0 Å². The van der Waals surface area contributed by atoms with Crippen molar-refractivity contribution in [2.24, 2.45) is 0 Å². The third kappa shape index (κ3) is 3.30. The first-order valence-corrected chi connectivity index (χ1v) is 6.57. The van der Waals surface area contributed by atoms with Crippen LogP contribution in [0.5, 0.6) is 0 Å². The van der Waals surface area contributed by atoms with Gasteiger partial charge in [-0.25, -0.2) is 0 Å². The van der Waals surface area contributed by atoms with Crippen molar-refractivity contribution in [2.75, 3.05) is 36.6 Å². The van der Waals surface area contributed by atoms with Crippen LogP contribution in [0.4, 0.5) is 17.8 Å². The minimum atomic E-state index is 0.549. The van der Waals surface area contributed by atoms with E-state index in [9.17, 15) is 0 Å². The smallest absolute Gasteiger partial charge is 0.229 e. The van der Waals surface area contributed by atoms with Crippen LogP contribution < -0.4 is 16.0 Å². The Hall–Kier alpha value is -1.89. The second-order valence-electron chi connectivity index (χ2n) is 3.56. The zero-order valence-corrected chi connectivity index (χ0v) is 11.2. The number of aromatic nitrogens is 3. The van der Waals surface area contributed by atoms with Gasteiger partial charge < -0.3 is 16.0 Å². The van der Waals surface area contributed by atoms with Gasteiger partial charge in [0.1, 0.15) is 0 Å². The van der Waals surface area contributed by atoms with Crippen molar-refractivity contribution in [2.45, 2.75) is 6.42 Å². The molecule has 7 heteroatoms. The lowest BCUT2D eigenvalue weighted by Crippen LogP contribution is -2.11. The van der Waals surface area contributed by atoms with Gasteiger partial charge in [0, 0.05) is 25.5 Å². The highest BCUT2D eigenvalue weighted by atomic mass is 32.1. The van der Waals surface area contributed by atoms with Crippen LogP contribution in [0.25, 0.3) is 0 Å². The Morgan fingerprint density at radius 2 is 1.72 bits per heavy atom. The maximum absolute atomic E-state index is 4.24. The second kappa shape index (κ2) is 6.15. The average molecular weight is 264 g/mol. The van der Waals surface area contributed by atoms with Crippen LogP contribution >= 0.6 is 11.3 Å². The second-order valence-corrected chi connectivity index (χ2v) is 4.59. The number of anilines is 3. The summed E-state index contributed by atoms with van der Waals surface area (Å²) in [4.78, 5) is 14.0. The third-order valence-corrected chi connectivity index (χ3v) is 3.25. The van der Waals surface area contributed by atoms with Gasteiger partial charge in [-0.1, -0.05) is 6.07 Å². The molecule has 96 valence electrons. The molecule has 0 aliphatic heterocycles. The molecule has 2 aromatic heterocycles. The summed E-state index contributed by atoms with van der Waals surface area (Å²) in [5.41, 5.74) is 0. The van der Waals surface area contributed by atoms with Gasteiger partial charge in [0.2, 0.25) is 17.8 Å². The van der Waals surface area contributed by atoms with E-state index in [4.69, 9.17) is 0 Å². The maximum atomic E-state index is 4.24. The zero-order valence-electron chi connectivity index (χ0n) is 10.4. The largest absolute Gasteiger partial charge is 0.357 e. The Kier molecular flexibility index (Phi) is 4.30. The average Bonchev–Trinajstić information content (AvgIpc) is 2.91. The SMILES string of the molecule is CNc1nc(NC)nc(NCCc2cccs2)n1. The first-order valence-electron chi connectivity index (χ1n) is 5.69. The molecule has 0 radical (unpaired) electrons. The highest BCUT2D eigenvalue weighted by molar-refractivity contribution is 7.09. The van der Waals surface area contributed by atoms with E-state index in [0.29, 0.717) is 17.8 Å². The third-order valence-electron chi connectivity index (χ3n) is 2.32. The topological polar surface area (TPSA) is 74.8 Å². The lowest BCUT2D eigenvalue weighted by atomic mass is 10.3.